The van der Waals surface area contributed by atoms with E-state index in [0.717, 1.165) is 56.7 Å². The Labute approximate surface area is 221 Å². The molecule has 2 atom stereocenters. The number of anilines is 1. The SMILES string of the molecule is C=CN(CCCc1ccc(-c2cc(N3CC4CCNC(=C)C4C3)c3ccc(CC)cc3n2)cc1)/N=C\C. The molecule has 2 unspecified atom stereocenters. The minimum Gasteiger partial charge on any atom is -0.389 e. The van der Waals surface area contributed by atoms with Gasteiger partial charge in [0, 0.05) is 66.8 Å². The normalized spacial score (nSPS) is 19.3. The van der Waals surface area contributed by atoms with Crippen LogP contribution < -0.4 is 10.2 Å². The molecule has 1 aromatic heterocycles. The zero-order chi connectivity index (χ0) is 25.8. The van der Waals surface area contributed by atoms with Crippen molar-refractivity contribution in [1.29, 1.82) is 0 Å². The van der Waals surface area contributed by atoms with Crippen molar-refractivity contribution in [2.75, 3.05) is 31.1 Å². The number of fused-ring (bicyclic) bond motifs is 2. The van der Waals surface area contributed by atoms with Gasteiger partial charge < -0.3 is 10.2 Å². The minimum atomic E-state index is 0.523. The molecule has 2 saturated heterocycles. The Morgan fingerprint density at radius 1 is 1.14 bits per heavy atom. The molecule has 5 rings (SSSR count). The molecule has 0 bridgehead atoms. The highest BCUT2D eigenvalue weighted by atomic mass is 15.4. The van der Waals surface area contributed by atoms with Crippen molar-refractivity contribution in [3.63, 3.8) is 0 Å². The van der Waals surface area contributed by atoms with E-state index >= 15 is 0 Å². The molecule has 5 nitrogen and oxygen atoms in total. The van der Waals surface area contributed by atoms with Gasteiger partial charge in [0.25, 0.3) is 0 Å². The molecule has 2 aliphatic heterocycles. The number of rotatable bonds is 9. The molecule has 3 aromatic rings. The van der Waals surface area contributed by atoms with Crippen LogP contribution in [0, 0.1) is 11.8 Å². The second kappa shape index (κ2) is 11.2. The molecule has 2 fully saturated rings. The first-order chi connectivity index (χ1) is 18.1. The first-order valence-electron chi connectivity index (χ1n) is 13.7. The molecule has 2 aliphatic rings. The van der Waals surface area contributed by atoms with Crippen molar-refractivity contribution >= 4 is 22.8 Å². The van der Waals surface area contributed by atoms with Crippen LogP contribution >= 0.6 is 0 Å². The second-order valence-electron chi connectivity index (χ2n) is 10.3. The molecule has 0 aliphatic carbocycles. The van der Waals surface area contributed by atoms with Gasteiger partial charge >= 0.3 is 0 Å². The number of nitrogens with one attached hydrogen (secondary N) is 1. The first kappa shape index (κ1) is 25.1. The summed E-state index contributed by atoms with van der Waals surface area (Å²) in [5, 5.41) is 10.9. The summed E-state index contributed by atoms with van der Waals surface area (Å²) in [7, 11) is 0. The zero-order valence-corrected chi connectivity index (χ0v) is 22.3. The summed E-state index contributed by atoms with van der Waals surface area (Å²) in [6, 6.07) is 18.0. The number of nitrogens with zero attached hydrogens (tertiary/aromatic N) is 4. The zero-order valence-electron chi connectivity index (χ0n) is 22.3. The van der Waals surface area contributed by atoms with Crippen molar-refractivity contribution in [3.05, 3.63) is 84.7 Å². The highest BCUT2D eigenvalue weighted by molar-refractivity contribution is 5.95. The summed E-state index contributed by atoms with van der Waals surface area (Å²) in [4.78, 5) is 7.72. The van der Waals surface area contributed by atoms with Gasteiger partial charge in [0.05, 0.1) is 11.2 Å². The van der Waals surface area contributed by atoms with E-state index in [4.69, 9.17) is 4.98 Å². The predicted molar refractivity (Wildman–Crippen MR) is 157 cm³/mol. The van der Waals surface area contributed by atoms with Crippen LogP contribution in [0.4, 0.5) is 5.69 Å². The van der Waals surface area contributed by atoms with E-state index in [1.807, 2.05) is 11.9 Å². The quantitative estimate of drug-likeness (QED) is 0.276. The largest absolute Gasteiger partial charge is 0.389 e. The van der Waals surface area contributed by atoms with E-state index in [2.05, 4.69) is 83.9 Å². The number of hydrazone groups is 1. The topological polar surface area (TPSA) is 43.8 Å². The van der Waals surface area contributed by atoms with Crippen LogP contribution in [-0.2, 0) is 12.8 Å². The van der Waals surface area contributed by atoms with Gasteiger partial charge in [-0.25, -0.2) is 4.98 Å². The van der Waals surface area contributed by atoms with Crippen molar-refractivity contribution in [3.8, 4) is 11.3 Å². The van der Waals surface area contributed by atoms with Gasteiger partial charge in [-0.1, -0.05) is 56.5 Å². The summed E-state index contributed by atoms with van der Waals surface area (Å²) < 4.78 is 0. The third kappa shape index (κ3) is 5.41. The number of hydrogen-bond donors (Lipinski definition) is 1. The van der Waals surface area contributed by atoms with Gasteiger partial charge in [0.2, 0.25) is 0 Å². The molecule has 0 saturated carbocycles. The fourth-order valence-electron chi connectivity index (χ4n) is 5.82. The highest BCUT2D eigenvalue weighted by Crippen LogP contribution is 2.39. The predicted octanol–water partition coefficient (Wildman–Crippen LogP) is 6.41. The van der Waals surface area contributed by atoms with Crippen LogP contribution in [0.3, 0.4) is 0 Å². The van der Waals surface area contributed by atoms with E-state index in [0.29, 0.717) is 11.8 Å². The van der Waals surface area contributed by atoms with E-state index < -0.39 is 0 Å². The molecular weight excluding hydrogens is 454 g/mol. The van der Waals surface area contributed by atoms with Gasteiger partial charge in [-0.3, -0.25) is 5.01 Å². The number of piperidine rings is 1. The summed E-state index contributed by atoms with van der Waals surface area (Å²) in [6.07, 6.45) is 7.84. The van der Waals surface area contributed by atoms with Gasteiger partial charge in [-0.2, -0.15) is 5.10 Å². The van der Waals surface area contributed by atoms with Crippen LogP contribution in [0.1, 0.15) is 37.8 Å². The molecule has 37 heavy (non-hydrogen) atoms. The summed E-state index contributed by atoms with van der Waals surface area (Å²) in [5.74, 6) is 1.20. The smallest absolute Gasteiger partial charge is 0.0733 e. The lowest BCUT2D eigenvalue weighted by Gasteiger charge is -2.27. The molecule has 5 heteroatoms. The number of pyridine rings is 1. The van der Waals surface area contributed by atoms with Crippen LogP contribution in [0.5, 0.6) is 0 Å². The fraction of sp³-hybridized carbons (Fsp3) is 0.375. The van der Waals surface area contributed by atoms with Crippen LogP contribution in [0.25, 0.3) is 22.2 Å². The Morgan fingerprint density at radius 2 is 1.95 bits per heavy atom. The summed E-state index contributed by atoms with van der Waals surface area (Å²) >= 11 is 0. The highest BCUT2D eigenvalue weighted by Gasteiger charge is 2.37. The number of aryl methyl sites for hydroxylation is 2. The van der Waals surface area contributed by atoms with Gasteiger partial charge in [-0.05, 0) is 61.8 Å². The Hall–Kier alpha value is -3.60. The van der Waals surface area contributed by atoms with Crippen LogP contribution in [0.15, 0.2) is 78.7 Å². The van der Waals surface area contributed by atoms with Crippen molar-refractivity contribution in [2.24, 2.45) is 16.9 Å². The van der Waals surface area contributed by atoms with Gasteiger partial charge in [0.1, 0.15) is 0 Å². The van der Waals surface area contributed by atoms with E-state index in [1.165, 1.54) is 39.9 Å². The maximum atomic E-state index is 5.15. The Balaban J connectivity index is 1.41. The van der Waals surface area contributed by atoms with Crippen molar-refractivity contribution in [2.45, 2.75) is 39.5 Å². The molecule has 192 valence electrons. The maximum Gasteiger partial charge on any atom is 0.0733 e. The van der Waals surface area contributed by atoms with Crippen LogP contribution in [0.2, 0.25) is 0 Å². The molecule has 3 heterocycles. The molecular formula is C32H39N5. The fourth-order valence-corrected chi connectivity index (χ4v) is 5.82. The lowest BCUT2D eigenvalue weighted by Crippen LogP contribution is -2.33. The Kier molecular flexibility index (Phi) is 7.59. The Bertz CT molecular complexity index is 1290. The maximum absolute atomic E-state index is 5.15. The monoisotopic (exact) mass is 493 g/mol. The third-order valence-corrected chi connectivity index (χ3v) is 7.93. The molecule has 0 radical (unpaired) electrons. The lowest BCUT2D eigenvalue weighted by molar-refractivity contribution is 0.372. The lowest BCUT2D eigenvalue weighted by atomic mass is 9.87. The Morgan fingerprint density at radius 3 is 2.68 bits per heavy atom. The minimum absolute atomic E-state index is 0.523. The second-order valence-corrected chi connectivity index (χ2v) is 10.3. The van der Waals surface area contributed by atoms with Gasteiger partial charge in [-0.15, -0.1) is 0 Å². The molecule has 1 N–H and O–H groups in total. The van der Waals surface area contributed by atoms with Crippen molar-refractivity contribution in [1.82, 2.24) is 15.3 Å². The summed E-state index contributed by atoms with van der Waals surface area (Å²) in [6.45, 7) is 16.3. The third-order valence-electron chi connectivity index (χ3n) is 7.93. The van der Waals surface area contributed by atoms with E-state index in [1.54, 1.807) is 12.4 Å². The van der Waals surface area contributed by atoms with E-state index in [9.17, 15) is 0 Å². The summed E-state index contributed by atoms with van der Waals surface area (Å²) in [5.41, 5.74) is 8.46. The number of aromatic nitrogens is 1. The number of hydrogen-bond acceptors (Lipinski definition) is 5. The van der Waals surface area contributed by atoms with Gasteiger partial charge in [0.15, 0.2) is 0 Å². The molecule has 0 spiro atoms. The van der Waals surface area contributed by atoms with Crippen LogP contribution in [-0.4, -0.2) is 42.4 Å². The first-order valence-corrected chi connectivity index (χ1v) is 13.7. The van der Waals surface area contributed by atoms with Crippen molar-refractivity contribution < 1.29 is 0 Å². The molecule has 0 amide bonds. The number of benzene rings is 2. The molecule has 2 aromatic carbocycles. The average molecular weight is 494 g/mol. The van der Waals surface area contributed by atoms with E-state index in [-0.39, 0.29) is 0 Å². The average Bonchev–Trinajstić information content (AvgIpc) is 3.37. The standard InChI is InChI=1S/C32H39N5/c1-5-24-12-15-28-31(19-24)35-30(20-32(28)36-21-27-16-17-33-23(4)29(27)22-36)26-13-10-25(11-14-26)9-8-18-37(7-3)34-6-2/h6-7,10-15,19-20,27,29,33H,3-5,8-9,16-18,21-22H2,1-2H3/b34-6-.